The van der Waals surface area contributed by atoms with Crippen LogP contribution in [0.3, 0.4) is 0 Å². The number of hydrogen-bond acceptors (Lipinski definition) is 6. The van der Waals surface area contributed by atoms with Crippen molar-refractivity contribution in [2.75, 3.05) is 41.4 Å². The molecule has 1 aliphatic rings. The van der Waals surface area contributed by atoms with E-state index in [1.807, 2.05) is 23.9 Å². The molecule has 1 N–H and O–H groups in total. The predicted octanol–water partition coefficient (Wildman–Crippen LogP) is 3.74. The largest absolute Gasteiger partial charge is 0.494 e. The van der Waals surface area contributed by atoms with Gasteiger partial charge in [-0.2, -0.15) is 11.8 Å². The topological polar surface area (TPSA) is 50.3 Å². The van der Waals surface area contributed by atoms with Crippen molar-refractivity contribution in [3.63, 3.8) is 0 Å². The van der Waals surface area contributed by atoms with E-state index in [9.17, 15) is 0 Å². The second kappa shape index (κ2) is 8.94. The number of aryl methyl sites for hydroxylation is 1. The molecule has 3 rings (SSSR count). The Morgan fingerprint density at radius 3 is 2.80 bits per heavy atom. The quantitative estimate of drug-likeness (QED) is 0.814. The second-order valence-electron chi connectivity index (χ2n) is 6.15. The Morgan fingerprint density at radius 1 is 1.20 bits per heavy atom. The first-order valence-electron chi connectivity index (χ1n) is 8.87. The van der Waals surface area contributed by atoms with E-state index in [0.717, 1.165) is 50.0 Å². The van der Waals surface area contributed by atoms with Crippen molar-refractivity contribution in [2.45, 2.75) is 26.8 Å². The highest BCUT2D eigenvalue weighted by molar-refractivity contribution is 7.99. The maximum atomic E-state index is 5.69. The summed E-state index contributed by atoms with van der Waals surface area (Å²) < 4.78 is 5.69. The number of nitrogens with one attached hydrogen (secondary N) is 1. The summed E-state index contributed by atoms with van der Waals surface area (Å²) in [5.41, 5.74) is 2.47. The molecule has 25 heavy (non-hydrogen) atoms. The van der Waals surface area contributed by atoms with Crippen molar-refractivity contribution in [1.29, 1.82) is 0 Å². The minimum atomic E-state index is 0.742. The van der Waals surface area contributed by atoms with Crippen LogP contribution >= 0.6 is 11.8 Å². The SMILES string of the molecule is CCCOc1ccc(CNc2cc(N3CCSCC3)ncn2)c(C)c1. The normalized spacial score (nSPS) is 14.4. The maximum absolute atomic E-state index is 5.69. The first kappa shape index (κ1) is 17.9. The van der Waals surface area contributed by atoms with Crippen LogP contribution in [0.1, 0.15) is 24.5 Å². The van der Waals surface area contributed by atoms with E-state index in [2.05, 4.69) is 46.2 Å². The van der Waals surface area contributed by atoms with Crippen LogP contribution in [0, 0.1) is 6.92 Å². The standard InChI is InChI=1S/C19H26N4OS/c1-3-8-24-17-5-4-16(15(2)11-17)13-20-18-12-19(22-14-21-18)23-6-9-25-10-7-23/h4-5,11-12,14H,3,6-10,13H2,1-2H3,(H,20,21,22). The number of nitrogens with zero attached hydrogens (tertiary/aromatic N) is 3. The molecule has 0 bridgehead atoms. The maximum Gasteiger partial charge on any atom is 0.134 e. The third kappa shape index (κ3) is 5.01. The number of ether oxygens (including phenoxy) is 1. The van der Waals surface area contributed by atoms with Crippen LogP contribution in [-0.2, 0) is 6.54 Å². The average Bonchev–Trinajstić information content (AvgIpc) is 2.66. The van der Waals surface area contributed by atoms with Gasteiger partial charge in [-0.15, -0.1) is 0 Å². The van der Waals surface area contributed by atoms with E-state index in [-0.39, 0.29) is 0 Å². The number of aromatic nitrogens is 2. The first-order valence-corrected chi connectivity index (χ1v) is 10.0. The smallest absolute Gasteiger partial charge is 0.134 e. The number of rotatable bonds is 7. The summed E-state index contributed by atoms with van der Waals surface area (Å²) in [6, 6.07) is 8.31. The van der Waals surface area contributed by atoms with E-state index in [4.69, 9.17) is 4.74 Å². The van der Waals surface area contributed by atoms with Gasteiger partial charge in [0.15, 0.2) is 0 Å². The second-order valence-corrected chi connectivity index (χ2v) is 7.38. The van der Waals surface area contributed by atoms with Gasteiger partial charge in [0, 0.05) is 37.2 Å². The Labute approximate surface area is 154 Å². The van der Waals surface area contributed by atoms with Crippen molar-refractivity contribution in [3.8, 4) is 5.75 Å². The summed E-state index contributed by atoms with van der Waals surface area (Å²) in [6.45, 7) is 7.84. The van der Waals surface area contributed by atoms with Crippen LogP contribution in [0.5, 0.6) is 5.75 Å². The zero-order valence-electron chi connectivity index (χ0n) is 15.0. The van der Waals surface area contributed by atoms with Crippen LogP contribution < -0.4 is 15.0 Å². The molecule has 2 aromatic rings. The number of hydrogen-bond donors (Lipinski definition) is 1. The van der Waals surface area contributed by atoms with Gasteiger partial charge in [-0.1, -0.05) is 13.0 Å². The Morgan fingerprint density at radius 2 is 2.04 bits per heavy atom. The number of anilines is 2. The summed E-state index contributed by atoms with van der Waals surface area (Å²) in [7, 11) is 0. The van der Waals surface area contributed by atoms with Gasteiger partial charge < -0.3 is 15.0 Å². The Bertz CT molecular complexity index is 689. The van der Waals surface area contributed by atoms with Gasteiger partial charge in [0.25, 0.3) is 0 Å². The third-order valence-electron chi connectivity index (χ3n) is 4.23. The Balaban J connectivity index is 1.61. The van der Waals surface area contributed by atoms with Crippen molar-refractivity contribution < 1.29 is 4.74 Å². The van der Waals surface area contributed by atoms with E-state index < -0.39 is 0 Å². The van der Waals surface area contributed by atoms with Crippen molar-refractivity contribution in [1.82, 2.24) is 9.97 Å². The van der Waals surface area contributed by atoms with Crippen molar-refractivity contribution in [2.24, 2.45) is 0 Å². The molecule has 1 aliphatic heterocycles. The molecule has 0 saturated carbocycles. The van der Waals surface area contributed by atoms with Crippen LogP contribution in [0.15, 0.2) is 30.6 Å². The average molecular weight is 359 g/mol. The van der Waals surface area contributed by atoms with E-state index >= 15 is 0 Å². The molecule has 1 aromatic carbocycles. The summed E-state index contributed by atoms with van der Waals surface area (Å²) in [6.07, 6.45) is 2.67. The fourth-order valence-electron chi connectivity index (χ4n) is 2.77. The molecule has 6 heteroatoms. The van der Waals surface area contributed by atoms with Crippen LogP contribution in [-0.4, -0.2) is 41.2 Å². The third-order valence-corrected chi connectivity index (χ3v) is 5.18. The van der Waals surface area contributed by atoms with Gasteiger partial charge in [0.1, 0.15) is 23.7 Å². The molecule has 5 nitrogen and oxygen atoms in total. The highest BCUT2D eigenvalue weighted by atomic mass is 32.2. The first-order chi connectivity index (χ1) is 12.3. The lowest BCUT2D eigenvalue weighted by Crippen LogP contribution is -2.33. The molecular formula is C19H26N4OS. The lowest BCUT2D eigenvalue weighted by molar-refractivity contribution is 0.317. The fraction of sp³-hybridized carbons (Fsp3) is 0.474. The summed E-state index contributed by atoms with van der Waals surface area (Å²) in [5.74, 6) is 5.15. The Kier molecular flexibility index (Phi) is 6.39. The summed E-state index contributed by atoms with van der Waals surface area (Å²) >= 11 is 2.00. The molecule has 0 atom stereocenters. The molecule has 0 spiro atoms. The Hall–Kier alpha value is -1.95. The highest BCUT2D eigenvalue weighted by Crippen LogP contribution is 2.21. The van der Waals surface area contributed by atoms with E-state index in [1.54, 1.807) is 6.33 Å². The molecule has 0 amide bonds. The van der Waals surface area contributed by atoms with Crippen LogP contribution in [0.4, 0.5) is 11.6 Å². The molecular weight excluding hydrogens is 332 g/mol. The lowest BCUT2D eigenvalue weighted by Gasteiger charge is -2.27. The van der Waals surface area contributed by atoms with E-state index in [1.165, 1.54) is 22.6 Å². The van der Waals surface area contributed by atoms with Gasteiger partial charge in [0.05, 0.1) is 6.61 Å². The molecule has 0 radical (unpaired) electrons. The van der Waals surface area contributed by atoms with Crippen LogP contribution in [0.25, 0.3) is 0 Å². The molecule has 134 valence electrons. The van der Waals surface area contributed by atoms with Gasteiger partial charge in [-0.3, -0.25) is 0 Å². The van der Waals surface area contributed by atoms with E-state index in [0.29, 0.717) is 0 Å². The van der Waals surface area contributed by atoms with Gasteiger partial charge in [-0.05, 0) is 36.6 Å². The monoisotopic (exact) mass is 358 g/mol. The molecule has 1 aromatic heterocycles. The zero-order chi connectivity index (χ0) is 17.5. The summed E-state index contributed by atoms with van der Waals surface area (Å²) in [4.78, 5) is 11.1. The highest BCUT2D eigenvalue weighted by Gasteiger charge is 2.13. The zero-order valence-corrected chi connectivity index (χ0v) is 15.8. The van der Waals surface area contributed by atoms with Gasteiger partial charge >= 0.3 is 0 Å². The van der Waals surface area contributed by atoms with Gasteiger partial charge in [-0.25, -0.2) is 9.97 Å². The molecule has 2 heterocycles. The molecule has 0 aliphatic carbocycles. The minimum Gasteiger partial charge on any atom is -0.494 e. The lowest BCUT2D eigenvalue weighted by atomic mass is 10.1. The number of benzene rings is 1. The van der Waals surface area contributed by atoms with Crippen LogP contribution in [0.2, 0.25) is 0 Å². The molecule has 0 unspecified atom stereocenters. The summed E-state index contributed by atoms with van der Waals surface area (Å²) in [5, 5.41) is 3.42. The minimum absolute atomic E-state index is 0.742. The van der Waals surface area contributed by atoms with Gasteiger partial charge in [0.2, 0.25) is 0 Å². The molecule has 1 saturated heterocycles. The molecule has 1 fully saturated rings. The van der Waals surface area contributed by atoms with Crippen molar-refractivity contribution >= 4 is 23.4 Å². The fourth-order valence-corrected chi connectivity index (χ4v) is 3.67. The predicted molar refractivity (Wildman–Crippen MR) is 106 cm³/mol. The van der Waals surface area contributed by atoms with Crippen molar-refractivity contribution in [3.05, 3.63) is 41.7 Å². The number of thioether (sulfide) groups is 1.